The summed E-state index contributed by atoms with van der Waals surface area (Å²) in [5, 5.41) is 12.7. The first-order valence-corrected chi connectivity index (χ1v) is 14.4. The number of carbonyl (C=O) groups is 2. The Hall–Kier alpha value is -4.18. The maximum absolute atomic E-state index is 16.0. The van der Waals surface area contributed by atoms with Gasteiger partial charge in [-0.05, 0) is 41.7 Å². The van der Waals surface area contributed by atoms with Crippen molar-refractivity contribution in [3.8, 4) is 5.75 Å². The number of para-hydroxylation sites is 2. The third-order valence-electron chi connectivity index (χ3n) is 6.98. The number of hydrogen-bond acceptors (Lipinski definition) is 6. The molecule has 1 unspecified atom stereocenters. The molecule has 3 aromatic rings. The second-order valence-corrected chi connectivity index (χ2v) is 12.6. The predicted octanol–water partition coefficient (Wildman–Crippen LogP) is 5.44. The molecule has 0 radical (unpaired) electrons. The Morgan fingerprint density at radius 2 is 1.77 bits per heavy atom. The summed E-state index contributed by atoms with van der Waals surface area (Å²) in [5.41, 5.74) is 1.45. The maximum atomic E-state index is 16.0. The molecule has 1 aliphatic carbocycles. The molecule has 2 N–H and O–H groups in total. The Morgan fingerprint density at radius 3 is 2.48 bits per heavy atom. The van der Waals surface area contributed by atoms with Gasteiger partial charge in [-0.1, -0.05) is 56.3 Å². The fraction of sp³-hybridized carbons (Fsp3) is 0.267. The zero-order chi connectivity index (χ0) is 28.7. The van der Waals surface area contributed by atoms with E-state index in [1.807, 2.05) is 44.2 Å². The number of Topliss-reactive ketones (excluding diaryl/α,β-unsaturated/α-hetero) is 1. The first-order valence-electron chi connectivity index (χ1n) is 12.8. The minimum atomic E-state index is -4.58. The van der Waals surface area contributed by atoms with Gasteiger partial charge in [-0.15, -0.1) is 0 Å². The lowest BCUT2D eigenvalue weighted by Crippen LogP contribution is -2.42. The molecular formula is C30H29FN2O6S. The molecule has 0 amide bonds. The highest BCUT2D eigenvalue weighted by Gasteiger charge is 2.46. The number of sulfonamides is 1. The zero-order valence-corrected chi connectivity index (χ0v) is 22.9. The van der Waals surface area contributed by atoms with Crippen LogP contribution in [0.4, 0.5) is 15.8 Å². The number of rotatable bonds is 7. The van der Waals surface area contributed by atoms with E-state index in [9.17, 15) is 23.1 Å². The van der Waals surface area contributed by atoms with Crippen molar-refractivity contribution < 1.29 is 32.2 Å². The molecule has 10 heteroatoms. The molecular weight excluding hydrogens is 535 g/mol. The second-order valence-electron chi connectivity index (χ2n) is 10.8. The number of anilines is 2. The van der Waals surface area contributed by atoms with Crippen LogP contribution in [0.3, 0.4) is 0 Å². The number of carbonyl (C=O) groups excluding carboxylic acids is 1. The highest BCUT2D eigenvalue weighted by Crippen LogP contribution is 2.49. The van der Waals surface area contributed by atoms with E-state index in [1.165, 1.54) is 18.2 Å². The summed E-state index contributed by atoms with van der Waals surface area (Å²) < 4.78 is 50.0. The largest absolute Gasteiger partial charge is 0.489 e. The molecule has 1 heterocycles. The van der Waals surface area contributed by atoms with Gasteiger partial charge in [0.25, 0.3) is 0 Å². The first kappa shape index (κ1) is 27.4. The van der Waals surface area contributed by atoms with Crippen molar-refractivity contribution in [2.45, 2.75) is 39.3 Å². The number of aliphatic carboxylic acids is 1. The summed E-state index contributed by atoms with van der Waals surface area (Å²) in [5.74, 6) is -3.70. The highest BCUT2D eigenvalue weighted by molar-refractivity contribution is 7.93. The first-order chi connectivity index (χ1) is 18.9. The zero-order valence-electron chi connectivity index (χ0n) is 22.1. The van der Waals surface area contributed by atoms with Crippen molar-refractivity contribution in [1.29, 1.82) is 0 Å². The van der Waals surface area contributed by atoms with Crippen LogP contribution < -0.4 is 14.4 Å². The number of carboxylic acids is 1. The van der Waals surface area contributed by atoms with Gasteiger partial charge in [0.1, 0.15) is 24.2 Å². The van der Waals surface area contributed by atoms with Gasteiger partial charge in [0.05, 0.1) is 11.4 Å². The fourth-order valence-corrected chi connectivity index (χ4v) is 6.78. The molecule has 1 aliphatic heterocycles. The summed E-state index contributed by atoms with van der Waals surface area (Å²) in [4.78, 5) is 25.3. The van der Waals surface area contributed by atoms with E-state index < -0.39 is 39.0 Å². The summed E-state index contributed by atoms with van der Waals surface area (Å²) in [7, 11) is -4.58. The van der Waals surface area contributed by atoms with Gasteiger partial charge in [0, 0.05) is 29.3 Å². The van der Waals surface area contributed by atoms with Crippen LogP contribution in [0, 0.1) is 11.2 Å². The Kier molecular flexibility index (Phi) is 7.14. The number of benzene rings is 3. The van der Waals surface area contributed by atoms with E-state index in [4.69, 9.17) is 4.74 Å². The van der Waals surface area contributed by atoms with Crippen LogP contribution in [0.5, 0.6) is 5.75 Å². The summed E-state index contributed by atoms with van der Waals surface area (Å²) in [6.45, 7) is 4.06. The Morgan fingerprint density at radius 1 is 1.07 bits per heavy atom. The van der Waals surface area contributed by atoms with Gasteiger partial charge in [-0.2, -0.15) is 0 Å². The lowest BCUT2D eigenvalue weighted by Gasteiger charge is -2.37. The lowest BCUT2D eigenvalue weighted by molar-refractivity contribution is -0.134. The van der Waals surface area contributed by atoms with Crippen molar-refractivity contribution in [3.63, 3.8) is 0 Å². The van der Waals surface area contributed by atoms with E-state index in [2.05, 4.69) is 5.32 Å². The minimum Gasteiger partial charge on any atom is -0.489 e. The number of ether oxygens (including phenoxy) is 1. The molecule has 1 atom stereocenters. The number of hydrogen-bond donors (Lipinski definition) is 2. The Labute approximate surface area is 232 Å². The minimum absolute atomic E-state index is 0.0833. The number of nitrogens with zero attached hydrogens (tertiary/aromatic N) is 1. The molecule has 0 saturated heterocycles. The van der Waals surface area contributed by atoms with Crippen molar-refractivity contribution >= 4 is 33.2 Å². The molecule has 40 heavy (non-hydrogen) atoms. The average Bonchev–Trinajstić information content (AvgIpc) is 3.01. The van der Waals surface area contributed by atoms with Gasteiger partial charge < -0.3 is 15.2 Å². The number of carboxylic acid groups (broad SMARTS) is 1. The molecule has 0 aromatic heterocycles. The van der Waals surface area contributed by atoms with Crippen molar-refractivity contribution in [1.82, 2.24) is 0 Å². The Balaban J connectivity index is 1.67. The molecule has 2 aliphatic rings. The van der Waals surface area contributed by atoms with Crippen LogP contribution in [0.15, 0.2) is 84.1 Å². The molecule has 8 nitrogen and oxygen atoms in total. The van der Waals surface area contributed by atoms with Gasteiger partial charge in [0.2, 0.25) is 10.0 Å². The van der Waals surface area contributed by atoms with Gasteiger partial charge in [-0.25, -0.2) is 12.8 Å². The van der Waals surface area contributed by atoms with Gasteiger partial charge >= 0.3 is 5.97 Å². The van der Waals surface area contributed by atoms with E-state index in [0.717, 1.165) is 15.9 Å². The molecule has 5 rings (SSSR count). The molecule has 0 bridgehead atoms. The molecule has 0 spiro atoms. The quantitative estimate of drug-likeness (QED) is 0.393. The van der Waals surface area contributed by atoms with Crippen LogP contribution in [-0.4, -0.2) is 31.0 Å². The van der Waals surface area contributed by atoms with E-state index in [-0.39, 0.29) is 41.4 Å². The maximum Gasteiger partial charge on any atom is 0.320 e. The highest BCUT2D eigenvalue weighted by atomic mass is 32.2. The average molecular weight is 565 g/mol. The third-order valence-corrected chi connectivity index (χ3v) is 8.59. The van der Waals surface area contributed by atoms with E-state index in [0.29, 0.717) is 17.8 Å². The Bertz CT molecular complexity index is 1620. The third kappa shape index (κ3) is 5.44. The monoisotopic (exact) mass is 564 g/mol. The number of fused-ring (bicyclic) bond motifs is 1. The predicted molar refractivity (Wildman–Crippen MR) is 149 cm³/mol. The van der Waals surface area contributed by atoms with Crippen molar-refractivity contribution in [2.75, 3.05) is 15.4 Å². The summed E-state index contributed by atoms with van der Waals surface area (Å²) >= 11 is 0. The van der Waals surface area contributed by atoms with E-state index in [1.54, 1.807) is 18.2 Å². The number of allylic oxidation sites excluding steroid dienone is 1. The van der Waals surface area contributed by atoms with Crippen molar-refractivity contribution in [3.05, 3.63) is 101 Å². The van der Waals surface area contributed by atoms with Gasteiger partial charge in [0.15, 0.2) is 11.5 Å². The number of ketones is 1. The summed E-state index contributed by atoms with van der Waals surface area (Å²) in [6.07, 6.45) is 0.526. The smallest absolute Gasteiger partial charge is 0.320 e. The second kappa shape index (κ2) is 10.4. The number of halogens is 1. The lowest BCUT2D eigenvalue weighted by atomic mass is 9.73. The van der Waals surface area contributed by atoms with Crippen LogP contribution in [0.25, 0.3) is 0 Å². The molecule has 3 aromatic carbocycles. The van der Waals surface area contributed by atoms with Crippen molar-refractivity contribution in [2.24, 2.45) is 5.41 Å². The van der Waals surface area contributed by atoms with Crippen LogP contribution >= 0.6 is 0 Å². The van der Waals surface area contributed by atoms with Gasteiger partial charge in [-0.3, -0.25) is 13.9 Å². The molecule has 208 valence electrons. The topological polar surface area (TPSA) is 113 Å². The fourth-order valence-electron chi connectivity index (χ4n) is 5.33. The van der Waals surface area contributed by atoms with Crippen LogP contribution in [0.1, 0.15) is 43.9 Å². The standard InChI is InChI=1S/C30H29FN2O6S/c1-30(2)15-24-28(26(34)16-30)29(21-13-12-20(14-22(21)31)39-17-19-8-4-3-5-9-19)33(40(37,38)18-27(35)36)25-11-7-6-10-23(25)32-24/h3-14,29,32H,15-18H2,1-2H3,(H,35,36). The molecule has 0 fully saturated rings. The van der Waals surface area contributed by atoms with Crippen LogP contribution in [-0.2, 0) is 26.2 Å². The normalized spacial score (nSPS) is 18.3. The van der Waals surface area contributed by atoms with E-state index >= 15 is 4.39 Å². The van der Waals surface area contributed by atoms with Crippen LogP contribution in [0.2, 0.25) is 0 Å². The SMILES string of the molecule is CC1(C)CC(=O)C2=C(C1)Nc1ccccc1N(S(=O)(=O)CC(=O)O)C2c1ccc(OCc2ccccc2)cc1F. The number of nitrogens with one attached hydrogen (secondary N) is 1. The molecule has 0 saturated carbocycles. The summed E-state index contributed by atoms with van der Waals surface area (Å²) in [6, 6.07) is 18.4.